The summed E-state index contributed by atoms with van der Waals surface area (Å²) in [4.78, 5) is 41.5. The van der Waals surface area contributed by atoms with Crippen LogP contribution in [0.1, 0.15) is 41.6 Å². The molecule has 2 atom stereocenters. The lowest BCUT2D eigenvalue weighted by atomic mass is 10.1. The van der Waals surface area contributed by atoms with Crippen molar-refractivity contribution in [3.05, 3.63) is 70.8 Å². The number of likely N-dealkylation sites (tertiary alicyclic amines) is 2. The van der Waals surface area contributed by atoms with Gasteiger partial charge in [0.25, 0.3) is 5.91 Å². The molecule has 4 rings (SSSR count). The fourth-order valence-electron chi connectivity index (χ4n) is 4.57. The Balaban J connectivity index is 1.45. The van der Waals surface area contributed by atoms with E-state index in [0.717, 1.165) is 35.2 Å². The van der Waals surface area contributed by atoms with Crippen LogP contribution in [0.5, 0.6) is 0 Å². The molecule has 2 heterocycles. The zero-order valence-corrected chi connectivity index (χ0v) is 18.2. The fraction of sp³-hybridized carbons (Fsp3) is 0.375. The van der Waals surface area contributed by atoms with Gasteiger partial charge in [-0.25, -0.2) is 17.6 Å². The largest absolute Gasteiger partial charge is 0.350 e. The van der Waals surface area contributed by atoms with Gasteiger partial charge in [0.1, 0.15) is 40.9 Å². The molecule has 2 aliphatic rings. The van der Waals surface area contributed by atoms with Gasteiger partial charge in [0.2, 0.25) is 11.8 Å². The molecule has 2 saturated heterocycles. The van der Waals surface area contributed by atoms with Crippen molar-refractivity contribution in [1.29, 1.82) is 0 Å². The third-order valence-electron chi connectivity index (χ3n) is 6.28. The Morgan fingerprint density at radius 3 is 2.18 bits per heavy atom. The summed E-state index contributed by atoms with van der Waals surface area (Å²) >= 11 is 0. The van der Waals surface area contributed by atoms with Gasteiger partial charge in [0.15, 0.2) is 0 Å². The van der Waals surface area contributed by atoms with E-state index in [0.29, 0.717) is 25.7 Å². The number of hydrogen-bond donors (Lipinski definition) is 1. The van der Waals surface area contributed by atoms with Crippen molar-refractivity contribution < 1.29 is 31.9 Å². The molecule has 0 bridgehead atoms. The zero-order chi connectivity index (χ0) is 24.4. The predicted molar refractivity (Wildman–Crippen MR) is 113 cm³/mol. The number of nitrogens with one attached hydrogen (secondary N) is 1. The minimum Gasteiger partial charge on any atom is -0.350 e. The van der Waals surface area contributed by atoms with Crippen molar-refractivity contribution in [3.8, 4) is 0 Å². The van der Waals surface area contributed by atoms with Crippen LogP contribution >= 0.6 is 0 Å². The summed E-state index contributed by atoms with van der Waals surface area (Å²) in [6, 6.07) is 4.39. The molecular formula is C24H23F4N3O3. The highest BCUT2D eigenvalue weighted by Gasteiger charge is 2.43. The third-order valence-corrected chi connectivity index (χ3v) is 6.28. The van der Waals surface area contributed by atoms with Gasteiger partial charge in [-0.1, -0.05) is 12.1 Å². The van der Waals surface area contributed by atoms with Crippen molar-refractivity contribution >= 4 is 17.7 Å². The van der Waals surface area contributed by atoms with Crippen LogP contribution in [-0.2, 0) is 16.1 Å². The van der Waals surface area contributed by atoms with Gasteiger partial charge in [-0.05, 0) is 43.9 Å². The lowest BCUT2D eigenvalue weighted by molar-refractivity contribution is -0.141. The van der Waals surface area contributed by atoms with Gasteiger partial charge in [0.05, 0.1) is 0 Å². The molecule has 1 N–H and O–H groups in total. The summed E-state index contributed by atoms with van der Waals surface area (Å²) in [5, 5.41) is 2.58. The number of halogens is 4. The average molecular weight is 477 g/mol. The maximum absolute atomic E-state index is 14.1. The van der Waals surface area contributed by atoms with Crippen molar-refractivity contribution in [2.75, 3.05) is 13.1 Å². The quantitative estimate of drug-likeness (QED) is 0.673. The molecule has 10 heteroatoms. The molecule has 2 aliphatic heterocycles. The number of rotatable bonds is 5. The van der Waals surface area contributed by atoms with Gasteiger partial charge in [-0.2, -0.15) is 0 Å². The average Bonchev–Trinajstić information content (AvgIpc) is 3.48. The Morgan fingerprint density at radius 1 is 0.853 bits per heavy atom. The molecule has 180 valence electrons. The van der Waals surface area contributed by atoms with E-state index in [1.165, 1.54) is 11.0 Å². The second-order valence-electron chi connectivity index (χ2n) is 8.40. The molecule has 34 heavy (non-hydrogen) atoms. The molecule has 0 aliphatic carbocycles. The molecule has 0 spiro atoms. The first kappa shape index (κ1) is 23.7. The van der Waals surface area contributed by atoms with Crippen molar-refractivity contribution in [1.82, 2.24) is 15.1 Å². The van der Waals surface area contributed by atoms with E-state index in [1.807, 2.05) is 0 Å². The van der Waals surface area contributed by atoms with E-state index in [-0.39, 0.29) is 25.2 Å². The fourth-order valence-corrected chi connectivity index (χ4v) is 4.57. The summed E-state index contributed by atoms with van der Waals surface area (Å²) in [6.07, 6.45) is 1.72. The van der Waals surface area contributed by atoms with E-state index in [1.54, 1.807) is 0 Å². The highest BCUT2D eigenvalue weighted by Crippen LogP contribution is 2.27. The van der Waals surface area contributed by atoms with Crippen molar-refractivity contribution in [3.63, 3.8) is 0 Å². The topological polar surface area (TPSA) is 69.7 Å². The molecule has 2 aromatic carbocycles. The second-order valence-corrected chi connectivity index (χ2v) is 8.40. The normalized spacial score (nSPS) is 20.0. The van der Waals surface area contributed by atoms with E-state index in [4.69, 9.17) is 0 Å². The summed E-state index contributed by atoms with van der Waals surface area (Å²) in [5.41, 5.74) is -0.607. The SMILES string of the molecule is O=C(NCc1ccc(F)cc1F)[C@@H]1CCCN1C(=O)[C@@H]1CCCN1C(=O)c1c(F)cccc1F. The van der Waals surface area contributed by atoms with E-state index >= 15 is 0 Å². The molecule has 0 unspecified atom stereocenters. The monoisotopic (exact) mass is 477 g/mol. The number of nitrogens with zero attached hydrogens (tertiary/aromatic N) is 2. The molecule has 0 saturated carbocycles. The molecule has 2 fully saturated rings. The summed E-state index contributed by atoms with van der Waals surface area (Å²) < 4.78 is 55.2. The zero-order valence-electron chi connectivity index (χ0n) is 18.2. The number of carbonyl (C=O) groups excluding carboxylic acids is 3. The van der Waals surface area contributed by atoms with Gasteiger partial charge < -0.3 is 15.1 Å². The lowest BCUT2D eigenvalue weighted by Gasteiger charge is -2.31. The Labute approximate surface area is 193 Å². The first-order chi connectivity index (χ1) is 16.3. The van der Waals surface area contributed by atoms with Crippen LogP contribution in [0.25, 0.3) is 0 Å². The van der Waals surface area contributed by atoms with Gasteiger partial charge in [0, 0.05) is 31.3 Å². The first-order valence-electron chi connectivity index (χ1n) is 11.0. The molecule has 2 aromatic rings. The summed E-state index contributed by atoms with van der Waals surface area (Å²) in [6.45, 7) is 0.274. The van der Waals surface area contributed by atoms with E-state index in [2.05, 4.69) is 5.32 Å². The van der Waals surface area contributed by atoms with Crippen LogP contribution in [0, 0.1) is 23.3 Å². The maximum Gasteiger partial charge on any atom is 0.260 e. The first-order valence-corrected chi connectivity index (χ1v) is 11.0. The lowest BCUT2D eigenvalue weighted by Crippen LogP contribution is -2.53. The van der Waals surface area contributed by atoms with Crippen LogP contribution in [-0.4, -0.2) is 52.7 Å². The second kappa shape index (κ2) is 9.82. The summed E-state index contributed by atoms with van der Waals surface area (Å²) in [5.74, 6) is -5.40. The molecule has 3 amide bonds. The minimum atomic E-state index is -1.01. The molecule has 6 nitrogen and oxygen atoms in total. The maximum atomic E-state index is 14.1. The minimum absolute atomic E-state index is 0.102. The van der Waals surface area contributed by atoms with E-state index in [9.17, 15) is 31.9 Å². The highest BCUT2D eigenvalue weighted by molar-refractivity contribution is 5.99. The van der Waals surface area contributed by atoms with Gasteiger partial charge in [-0.15, -0.1) is 0 Å². The van der Waals surface area contributed by atoms with Crippen LogP contribution in [0.4, 0.5) is 17.6 Å². The Hall–Kier alpha value is -3.43. The highest BCUT2D eigenvalue weighted by atomic mass is 19.1. The van der Waals surface area contributed by atoms with E-state index < -0.39 is 58.6 Å². The Morgan fingerprint density at radius 2 is 1.50 bits per heavy atom. The Bertz CT molecular complexity index is 1110. The van der Waals surface area contributed by atoms with Crippen molar-refractivity contribution in [2.45, 2.75) is 44.3 Å². The van der Waals surface area contributed by atoms with Crippen LogP contribution < -0.4 is 5.32 Å². The standard InChI is InChI=1S/C24H23F4N3O3/c25-15-9-8-14(18(28)12-15)13-29-22(32)19-6-2-10-30(19)23(33)20-7-3-11-31(20)24(34)21-16(26)4-1-5-17(21)27/h1,4-5,8-9,12,19-20H,2-3,6-7,10-11,13H2,(H,29,32)/t19-,20-/m0/s1. The predicted octanol–water partition coefficient (Wildman–Crippen LogP) is 3.16. The number of hydrogen-bond acceptors (Lipinski definition) is 3. The van der Waals surface area contributed by atoms with Crippen molar-refractivity contribution in [2.24, 2.45) is 0 Å². The molecule has 0 radical (unpaired) electrons. The van der Waals surface area contributed by atoms with Crippen LogP contribution in [0.3, 0.4) is 0 Å². The third kappa shape index (κ3) is 4.62. The van der Waals surface area contributed by atoms with Gasteiger partial charge in [-0.3, -0.25) is 14.4 Å². The number of carbonyl (C=O) groups is 3. The molecular weight excluding hydrogens is 454 g/mol. The summed E-state index contributed by atoms with van der Waals surface area (Å²) in [7, 11) is 0. The number of amides is 3. The number of benzene rings is 2. The van der Waals surface area contributed by atoms with Crippen LogP contribution in [0.2, 0.25) is 0 Å². The molecule has 0 aromatic heterocycles. The van der Waals surface area contributed by atoms with Crippen LogP contribution in [0.15, 0.2) is 36.4 Å². The smallest absolute Gasteiger partial charge is 0.260 e. The van der Waals surface area contributed by atoms with Gasteiger partial charge >= 0.3 is 0 Å². The Kier molecular flexibility index (Phi) is 6.85.